The van der Waals surface area contributed by atoms with Gasteiger partial charge in [-0.2, -0.15) is 0 Å². The number of hydrogen-bond acceptors (Lipinski definition) is 4. The summed E-state index contributed by atoms with van der Waals surface area (Å²) in [5.74, 6) is -0.193. The van der Waals surface area contributed by atoms with Crippen molar-refractivity contribution >= 4 is 29.1 Å². The summed E-state index contributed by atoms with van der Waals surface area (Å²) in [4.78, 5) is 40.9. The topological polar surface area (TPSA) is 62.6 Å². The number of nitrogens with zero attached hydrogens (tertiary/aromatic N) is 3. The van der Waals surface area contributed by atoms with Crippen molar-refractivity contribution in [2.75, 3.05) is 18.0 Å². The first-order valence-corrected chi connectivity index (χ1v) is 9.69. The summed E-state index contributed by atoms with van der Waals surface area (Å²) < 4.78 is 1.85. The highest BCUT2D eigenvalue weighted by Gasteiger charge is 2.41. The number of halogens is 1. The Morgan fingerprint density at radius 3 is 2.50 bits per heavy atom. The van der Waals surface area contributed by atoms with Crippen molar-refractivity contribution < 1.29 is 9.59 Å². The van der Waals surface area contributed by atoms with Crippen LogP contribution < -0.4 is 10.5 Å². The van der Waals surface area contributed by atoms with Crippen molar-refractivity contribution in [3.05, 3.63) is 75.3 Å². The third-order valence-corrected chi connectivity index (χ3v) is 6.06. The van der Waals surface area contributed by atoms with E-state index in [0.29, 0.717) is 36.0 Å². The Hall–Kier alpha value is -2.86. The summed E-state index contributed by atoms with van der Waals surface area (Å²) in [6.45, 7) is 1.94. The fraction of sp³-hybridized carbons (Fsp3) is 0.286. The van der Waals surface area contributed by atoms with Crippen molar-refractivity contribution in [3.63, 3.8) is 0 Å². The van der Waals surface area contributed by atoms with Crippen LogP contribution in [0.3, 0.4) is 0 Å². The fourth-order valence-corrected chi connectivity index (χ4v) is 4.74. The summed E-state index contributed by atoms with van der Waals surface area (Å²) in [5.41, 5.74) is 1.99. The van der Waals surface area contributed by atoms with Gasteiger partial charge in [0.1, 0.15) is 5.70 Å². The first-order chi connectivity index (χ1) is 13.5. The van der Waals surface area contributed by atoms with E-state index in [9.17, 15) is 14.4 Å². The smallest absolute Gasteiger partial charge is 0.281 e. The van der Waals surface area contributed by atoms with E-state index in [1.807, 2.05) is 15.5 Å². The summed E-state index contributed by atoms with van der Waals surface area (Å²) in [6, 6.07) is 12.0. The van der Waals surface area contributed by atoms with Crippen LogP contribution in [0.5, 0.6) is 0 Å². The average Bonchev–Trinajstić information content (AvgIpc) is 2.98. The van der Waals surface area contributed by atoms with Gasteiger partial charge in [0.05, 0.1) is 5.69 Å². The first-order valence-electron chi connectivity index (χ1n) is 9.31. The molecule has 0 N–H and O–H groups in total. The molecule has 2 amide bonds. The zero-order valence-electron chi connectivity index (χ0n) is 15.0. The maximum atomic E-state index is 13.0. The standard InChI is InChI=1S/C21H18ClN3O3/c22-15-4-6-16(7-5-15)25-20(27)9-18(21(25)28)23-10-13-8-14(12-23)17-2-1-3-19(26)24(17)11-13/h1-7,9,13-14H,8,10-12H2/t13-,14-/m1/s1. The van der Waals surface area contributed by atoms with Gasteiger partial charge in [0, 0.05) is 48.4 Å². The molecule has 0 saturated carbocycles. The molecular weight excluding hydrogens is 378 g/mol. The van der Waals surface area contributed by atoms with E-state index < -0.39 is 0 Å². The Morgan fingerprint density at radius 2 is 1.71 bits per heavy atom. The number of benzene rings is 1. The fourth-order valence-electron chi connectivity index (χ4n) is 4.61. The van der Waals surface area contributed by atoms with Gasteiger partial charge in [-0.1, -0.05) is 17.7 Å². The van der Waals surface area contributed by atoms with E-state index >= 15 is 0 Å². The number of likely N-dealkylation sites (tertiary alicyclic amines) is 1. The second kappa shape index (κ2) is 6.34. The second-order valence-electron chi connectivity index (χ2n) is 7.59. The van der Waals surface area contributed by atoms with Crippen LogP contribution >= 0.6 is 11.6 Å². The van der Waals surface area contributed by atoms with Gasteiger partial charge in [-0.3, -0.25) is 14.4 Å². The van der Waals surface area contributed by atoms with Crippen LogP contribution in [0.2, 0.25) is 5.02 Å². The van der Waals surface area contributed by atoms with Gasteiger partial charge in [-0.05, 0) is 42.7 Å². The highest BCUT2D eigenvalue weighted by Crippen LogP contribution is 2.37. The molecule has 28 heavy (non-hydrogen) atoms. The Balaban J connectivity index is 1.43. The number of imide groups is 1. The molecule has 1 aromatic carbocycles. The van der Waals surface area contributed by atoms with Crippen LogP contribution in [0.15, 0.2) is 59.0 Å². The van der Waals surface area contributed by atoms with Crippen molar-refractivity contribution in [1.82, 2.24) is 9.47 Å². The molecule has 1 fully saturated rings. The summed E-state index contributed by atoms with van der Waals surface area (Å²) >= 11 is 5.91. The largest absolute Gasteiger partial charge is 0.366 e. The minimum Gasteiger partial charge on any atom is -0.366 e. The predicted molar refractivity (Wildman–Crippen MR) is 105 cm³/mol. The normalized spacial score (nSPS) is 23.7. The maximum absolute atomic E-state index is 13.0. The van der Waals surface area contributed by atoms with Crippen molar-refractivity contribution in [3.8, 4) is 0 Å². The Kier molecular flexibility index (Phi) is 3.91. The third-order valence-electron chi connectivity index (χ3n) is 5.81. The molecule has 0 radical (unpaired) electrons. The zero-order valence-corrected chi connectivity index (χ0v) is 15.8. The number of piperidine rings is 1. The molecule has 2 bridgehead atoms. The Morgan fingerprint density at radius 1 is 0.929 bits per heavy atom. The third kappa shape index (κ3) is 2.67. The van der Waals surface area contributed by atoms with Gasteiger partial charge < -0.3 is 9.47 Å². The van der Waals surface area contributed by atoms with Gasteiger partial charge in [0.2, 0.25) is 0 Å². The van der Waals surface area contributed by atoms with E-state index in [0.717, 1.165) is 12.1 Å². The van der Waals surface area contributed by atoms with Gasteiger partial charge >= 0.3 is 0 Å². The molecule has 6 nitrogen and oxygen atoms in total. The lowest BCUT2D eigenvalue weighted by Crippen LogP contribution is -2.48. The number of carbonyl (C=O) groups is 2. The molecule has 4 heterocycles. The van der Waals surface area contributed by atoms with Gasteiger partial charge in [0.25, 0.3) is 17.4 Å². The Labute approximate surface area is 166 Å². The Bertz CT molecular complexity index is 1070. The van der Waals surface area contributed by atoms with Crippen LogP contribution in [0.25, 0.3) is 0 Å². The van der Waals surface area contributed by atoms with Crippen molar-refractivity contribution in [2.24, 2.45) is 5.92 Å². The molecule has 3 aliphatic heterocycles. The van der Waals surface area contributed by atoms with E-state index in [2.05, 4.69) is 0 Å². The van der Waals surface area contributed by atoms with Crippen molar-refractivity contribution in [1.29, 1.82) is 0 Å². The lowest BCUT2D eigenvalue weighted by Gasteiger charge is -2.43. The van der Waals surface area contributed by atoms with E-state index in [4.69, 9.17) is 11.6 Å². The van der Waals surface area contributed by atoms with Gasteiger partial charge in [-0.25, -0.2) is 4.90 Å². The van der Waals surface area contributed by atoms with Crippen LogP contribution in [-0.4, -0.2) is 34.4 Å². The minimum atomic E-state index is -0.338. The van der Waals surface area contributed by atoms with Crippen LogP contribution in [0, 0.1) is 5.92 Å². The monoisotopic (exact) mass is 395 g/mol. The molecule has 142 valence electrons. The average molecular weight is 396 g/mol. The molecule has 0 aliphatic carbocycles. The number of anilines is 1. The quantitative estimate of drug-likeness (QED) is 0.732. The van der Waals surface area contributed by atoms with E-state index in [-0.39, 0.29) is 29.2 Å². The number of amides is 2. The molecule has 1 aromatic heterocycles. The van der Waals surface area contributed by atoms with Crippen LogP contribution in [0.4, 0.5) is 5.69 Å². The summed E-state index contributed by atoms with van der Waals surface area (Å²) in [7, 11) is 0. The van der Waals surface area contributed by atoms with Crippen molar-refractivity contribution in [2.45, 2.75) is 18.9 Å². The van der Waals surface area contributed by atoms with E-state index in [1.54, 1.807) is 36.4 Å². The molecule has 2 aromatic rings. The summed E-state index contributed by atoms with van der Waals surface area (Å²) in [5, 5.41) is 0.550. The zero-order chi connectivity index (χ0) is 19.4. The number of fused-ring (bicyclic) bond motifs is 4. The minimum absolute atomic E-state index is 0.0286. The van der Waals surface area contributed by atoms with E-state index in [1.165, 1.54) is 11.0 Å². The van der Waals surface area contributed by atoms with Crippen LogP contribution in [0.1, 0.15) is 18.0 Å². The molecule has 5 rings (SSSR count). The molecule has 7 heteroatoms. The number of pyridine rings is 1. The highest BCUT2D eigenvalue weighted by atomic mass is 35.5. The molecule has 1 saturated heterocycles. The molecule has 0 unspecified atom stereocenters. The lowest BCUT2D eigenvalue weighted by molar-refractivity contribution is -0.121. The highest BCUT2D eigenvalue weighted by molar-refractivity contribution is 6.32. The number of aromatic nitrogens is 1. The number of hydrogen-bond donors (Lipinski definition) is 0. The van der Waals surface area contributed by atoms with Gasteiger partial charge in [-0.15, -0.1) is 0 Å². The van der Waals surface area contributed by atoms with Gasteiger partial charge in [0.15, 0.2) is 0 Å². The SMILES string of the molecule is O=C1C=C(N2C[C@H]3C[C@H](C2)c2cccc(=O)n2C3)C(=O)N1c1ccc(Cl)cc1. The molecule has 0 spiro atoms. The first kappa shape index (κ1) is 17.3. The maximum Gasteiger partial charge on any atom is 0.281 e. The second-order valence-corrected chi connectivity index (χ2v) is 8.02. The summed E-state index contributed by atoms with van der Waals surface area (Å²) in [6.07, 6.45) is 2.42. The number of rotatable bonds is 2. The predicted octanol–water partition coefficient (Wildman–Crippen LogP) is 2.38. The molecule has 3 aliphatic rings. The molecule has 2 atom stereocenters. The number of carbonyl (C=O) groups excluding carboxylic acids is 2. The molecular formula is C21H18ClN3O3. The lowest BCUT2D eigenvalue weighted by atomic mass is 9.83. The van der Waals surface area contributed by atoms with Crippen LogP contribution in [-0.2, 0) is 16.1 Å².